The minimum atomic E-state index is 0.404. The maximum absolute atomic E-state index is 5.32. The largest absolute Gasteiger partial charge is 0.493 e. The molecule has 1 aliphatic rings. The van der Waals surface area contributed by atoms with Crippen LogP contribution in [0.4, 0.5) is 0 Å². The van der Waals surface area contributed by atoms with Gasteiger partial charge in [0.1, 0.15) is 0 Å². The maximum atomic E-state index is 5.32. The van der Waals surface area contributed by atoms with Gasteiger partial charge in [-0.1, -0.05) is 31.9 Å². The molecule has 0 bridgehead atoms. The first-order valence-corrected chi connectivity index (χ1v) is 6.93. The minimum Gasteiger partial charge on any atom is -0.493 e. The average molecular weight is 350 g/mol. The van der Waals surface area contributed by atoms with E-state index in [4.69, 9.17) is 9.47 Å². The van der Waals surface area contributed by atoms with Gasteiger partial charge in [0, 0.05) is 9.30 Å². The third-order valence-electron chi connectivity index (χ3n) is 2.84. The van der Waals surface area contributed by atoms with Crippen LogP contribution >= 0.6 is 31.9 Å². The molecule has 16 heavy (non-hydrogen) atoms. The third kappa shape index (κ3) is 2.38. The van der Waals surface area contributed by atoms with Crippen molar-refractivity contribution < 1.29 is 9.47 Å². The Morgan fingerprint density at radius 3 is 2.25 bits per heavy atom. The van der Waals surface area contributed by atoms with Crippen LogP contribution in [-0.4, -0.2) is 14.2 Å². The molecule has 1 aromatic carbocycles. The first-order chi connectivity index (χ1) is 7.67. The topological polar surface area (TPSA) is 18.5 Å². The second-order valence-corrected chi connectivity index (χ2v) is 5.81. The van der Waals surface area contributed by atoms with Crippen LogP contribution in [0.2, 0.25) is 0 Å². The smallest absolute Gasteiger partial charge is 0.161 e. The second kappa shape index (κ2) is 4.96. The molecule has 0 aliphatic heterocycles. The van der Waals surface area contributed by atoms with Crippen molar-refractivity contribution >= 4 is 31.9 Å². The molecule has 0 amide bonds. The van der Waals surface area contributed by atoms with E-state index in [0.717, 1.165) is 21.9 Å². The van der Waals surface area contributed by atoms with E-state index in [1.54, 1.807) is 14.2 Å². The molecule has 0 spiro atoms. The lowest BCUT2D eigenvalue weighted by Crippen LogP contribution is -1.97. The van der Waals surface area contributed by atoms with E-state index >= 15 is 0 Å². The SMILES string of the molecule is COc1cc(Br)c(C(Br)C2CC2)cc1OC. The molecule has 0 heterocycles. The Labute approximate surface area is 113 Å². The molecule has 1 aliphatic carbocycles. The molecule has 1 aromatic rings. The monoisotopic (exact) mass is 348 g/mol. The summed E-state index contributed by atoms with van der Waals surface area (Å²) in [6, 6.07) is 4.01. The highest BCUT2D eigenvalue weighted by Gasteiger charge is 2.32. The van der Waals surface area contributed by atoms with Gasteiger partial charge in [-0.2, -0.15) is 0 Å². The minimum absolute atomic E-state index is 0.404. The predicted octanol–water partition coefficient (Wildman–Crippen LogP) is 4.31. The fraction of sp³-hybridized carbons (Fsp3) is 0.500. The quantitative estimate of drug-likeness (QED) is 0.754. The van der Waals surface area contributed by atoms with Gasteiger partial charge in [-0.05, 0) is 36.5 Å². The summed E-state index contributed by atoms with van der Waals surface area (Å²) in [5.74, 6) is 2.30. The Morgan fingerprint density at radius 1 is 1.19 bits per heavy atom. The third-order valence-corrected chi connectivity index (χ3v) is 4.76. The van der Waals surface area contributed by atoms with Gasteiger partial charge in [-0.25, -0.2) is 0 Å². The van der Waals surface area contributed by atoms with Gasteiger partial charge < -0.3 is 9.47 Å². The molecular weight excluding hydrogens is 336 g/mol. The Kier molecular flexibility index (Phi) is 3.80. The molecular formula is C12H14Br2O2. The van der Waals surface area contributed by atoms with Gasteiger partial charge in [0.05, 0.1) is 14.2 Å². The van der Waals surface area contributed by atoms with Crippen LogP contribution < -0.4 is 9.47 Å². The van der Waals surface area contributed by atoms with Crippen LogP contribution in [0.5, 0.6) is 11.5 Å². The molecule has 2 rings (SSSR count). The maximum Gasteiger partial charge on any atom is 0.161 e. The van der Waals surface area contributed by atoms with Crippen molar-refractivity contribution in [3.05, 3.63) is 22.2 Å². The number of benzene rings is 1. The van der Waals surface area contributed by atoms with Crippen molar-refractivity contribution in [1.29, 1.82) is 0 Å². The Hall–Kier alpha value is -0.220. The van der Waals surface area contributed by atoms with Gasteiger partial charge in [-0.3, -0.25) is 0 Å². The lowest BCUT2D eigenvalue weighted by atomic mass is 10.1. The highest BCUT2D eigenvalue weighted by atomic mass is 79.9. The number of hydrogen-bond acceptors (Lipinski definition) is 2. The normalized spacial score (nSPS) is 17.0. The summed E-state index contributed by atoms with van der Waals surface area (Å²) in [5.41, 5.74) is 1.24. The van der Waals surface area contributed by atoms with Crippen molar-refractivity contribution in [2.45, 2.75) is 17.7 Å². The predicted molar refractivity (Wildman–Crippen MR) is 71.6 cm³/mol. The number of hydrogen-bond donors (Lipinski definition) is 0. The number of rotatable bonds is 4. The summed E-state index contributed by atoms with van der Waals surface area (Å²) in [7, 11) is 3.31. The summed E-state index contributed by atoms with van der Waals surface area (Å²) in [4.78, 5) is 0.404. The number of alkyl halides is 1. The fourth-order valence-corrected chi connectivity index (χ4v) is 3.51. The molecule has 0 saturated heterocycles. The van der Waals surface area contributed by atoms with Gasteiger partial charge >= 0.3 is 0 Å². The zero-order valence-corrected chi connectivity index (χ0v) is 12.5. The van der Waals surface area contributed by atoms with E-state index in [9.17, 15) is 0 Å². The number of halogens is 2. The van der Waals surface area contributed by atoms with Crippen molar-refractivity contribution in [2.24, 2.45) is 5.92 Å². The summed E-state index contributed by atoms with van der Waals surface area (Å²) in [5, 5.41) is 0. The van der Waals surface area contributed by atoms with Crippen LogP contribution in [0, 0.1) is 5.92 Å². The van der Waals surface area contributed by atoms with E-state index in [0.29, 0.717) is 4.83 Å². The highest BCUT2D eigenvalue weighted by Crippen LogP contribution is 2.49. The zero-order chi connectivity index (χ0) is 11.7. The molecule has 1 fully saturated rings. The molecule has 1 unspecified atom stereocenters. The zero-order valence-electron chi connectivity index (χ0n) is 9.30. The fourth-order valence-electron chi connectivity index (χ4n) is 1.72. The van der Waals surface area contributed by atoms with Crippen molar-refractivity contribution in [2.75, 3.05) is 14.2 Å². The average Bonchev–Trinajstić information content (AvgIpc) is 3.11. The Morgan fingerprint density at radius 2 is 1.75 bits per heavy atom. The van der Waals surface area contributed by atoms with Crippen LogP contribution in [0.1, 0.15) is 23.2 Å². The number of methoxy groups -OCH3 is 2. The Balaban J connectivity index is 2.37. The van der Waals surface area contributed by atoms with Crippen LogP contribution in [0.25, 0.3) is 0 Å². The molecule has 2 nitrogen and oxygen atoms in total. The first kappa shape index (κ1) is 12.2. The summed E-state index contributed by atoms with van der Waals surface area (Å²) >= 11 is 7.33. The first-order valence-electron chi connectivity index (χ1n) is 5.23. The number of ether oxygens (including phenoxy) is 2. The van der Waals surface area contributed by atoms with Crippen LogP contribution in [-0.2, 0) is 0 Å². The van der Waals surface area contributed by atoms with E-state index in [-0.39, 0.29) is 0 Å². The molecule has 0 aromatic heterocycles. The lowest BCUT2D eigenvalue weighted by Gasteiger charge is -2.15. The van der Waals surface area contributed by atoms with E-state index in [1.165, 1.54) is 18.4 Å². The van der Waals surface area contributed by atoms with E-state index < -0.39 is 0 Å². The van der Waals surface area contributed by atoms with Crippen LogP contribution in [0.3, 0.4) is 0 Å². The highest BCUT2D eigenvalue weighted by molar-refractivity contribution is 9.11. The lowest BCUT2D eigenvalue weighted by molar-refractivity contribution is 0.354. The van der Waals surface area contributed by atoms with Gasteiger partial charge in [-0.15, -0.1) is 0 Å². The summed E-state index contributed by atoms with van der Waals surface area (Å²) in [6.45, 7) is 0. The van der Waals surface area contributed by atoms with Crippen molar-refractivity contribution in [3.8, 4) is 11.5 Å². The van der Waals surface area contributed by atoms with E-state index in [2.05, 4.69) is 31.9 Å². The van der Waals surface area contributed by atoms with Gasteiger partial charge in [0.15, 0.2) is 11.5 Å². The molecule has 0 N–H and O–H groups in total. The Bertz CT molecular complexity index is 389. The van der Waals surface area contributed by atoms with Crippen molar-refractivity contribution in [1.82, 2.24) is 0 Å². The van der Waals surface area contributed by atoms with Gasteiger partial charge in [0.25, 0.3) is 0 Å². The second-order valence-electron chi connectivity index (χ2n) is 3.97. The standard InChI is InChI=1S/C12H14Br2O2/c1-15-10-5-8(12(14)7-3-4-7)9(13)6-11(10)16-2/h5-7,12H,3-4H2,1-2H3. The van der Waals surface area contributed by atoms with E-state index in [1.807, 2.05) is 12.1 Å². The summed E-state index contributed by atoms with van der Waals surface area (Å²) < 4.78 is 11.6. The molecule has 1 saturated carbocycles. The van der Waals surface area contributed by atoms with Gasteiger partial charge in [0.2, 0.25) is 0 Å². The van der Waals surface area contributed by atoms with Crippen LogP contribution in [0.15, 0.2) is 16.6 Å². The molecule has 4 heteroatoms. The molecule has 0 radical (unpaired) electrons. The summed E-state index contributed by atoms with van der Waals surface area (Å²) in [6.07, 6.45) is 2.60. The molecule has 1 atom stereocenters. The van der Waals surface area contributed by atoms with Crippen molar-refractivity contribution in [3.63, 3.8) is 0 Å². The molecule has 88 valence electrons.